The van der Waals surface area contributed by atoms with Crippen molar-refractivity contribution < 1.29 is 19.2 Å². The van der Waals surface area contributed by atoms with Crippen LogP contribution in [0.1, 0.15) is 50.5 Å². The maximum Gasteiger partial charge on any atom is 0.274 e. The fourth-order valence-corrected chi connectivity index (χ4v) is 6.27. The molecule has 2 aliphatic heterocycles. The molecule has 3 aromatic carbocycles. The van der Waals surface area contributed by atoms with Gasteiger partial charge >= 0.3 is 0 Å². The van der Waals surface area contributed by atoms with E-state index in [0.717, 1.165) is 29.7 Å². The molecule has 2 aliphatic rings. The van der Waals surface area contributed by atoms with Crippen LogP contribution in [0, 0.1) is 5.82 Å². The summed E-state index contributed by atoms with van der Waals surface area (Å²) in [4.78, 5) is 48.8. The van der Waals surface area contributed by atoms with Crippen LogP contribution in [0.15, 0.2) is 65.5 Å². The van der Waals surface area contributed by atoms with Gasteiger partial charge in [0.15, 0.2) is 0 Å². The van der Waals surface area contributed by atoms with Crippen LogP contribution in [0.2, 0.25) is 0 Å². The van der Waals surface area contributed by atoms with Crippen LogP contribution in [0.4, 0.5) is 10.1 Å². The van der Waals surface area contributed by atoms with Crippen LogP contribution in [-0.4, -0.2) is 89.7 Å². The van der Waals surface area contributed by atoms with Gasteiger partial charge in [0.2, 0.25) is 0 Å². The van der Waals surface area contributed by atoms with Gasteiger partial charge in [-0.25, -0.2) is 14.9 Å². The maximum absolute atomic E-state index is 15.5. The first-order chi connectivity index (χ1) is 23.2. The summed E-state index contributed by atoms with van der Waals surface area (Å²) in [5.41, 5.74) is 6.09. The van der Waals surface area contributed by atoms with Crippen LogP contribution in [-0.2, 0) is 13.1 Å². The van der Waals surface area contributed by atoms with Gasteiger partial charge in [0.05, 0.1) is 16.6 Å². The summed E-state index contributed by atoms with van der Waals surface area (Å²) in [6.07, 6.45) is 3.50. The van der Waals surface area contributed by atoms with Gasteiger partial charge in [-0.2, -0.15) is 0 Å². The summed E-state index contributed by atoms with van der Waals surface area (Å²) < 4.78 is 17.1. The van der Waals surface area contributed by atoms with Gasteiger partial charge in [0, 0.05) is 56.9 Å². The van der Waals surface area contributed by atoms with E-state index in [1.165, 1.54) is 6.07 Å². The third-order valence-corrected chi connectivity index (χ3v) is 8.93. The Morgan fingerprint density at radius 2 is 1.63 bits per heavy atom. The Morgan fingerprint density at radius 1 is 0.959 bits per heavy atom. The fourth-order valence-electron chi connectivity index (χ4n) is 6.27. The number of carbonyl (C=O) groups is 2. The smallest absolute Gasteiger partial charge is 0.274 e. The number of aromatic nitrogens is 2. The quantitative estimate of drug-likeness (QED) is 0.130. The van der Waals surface area contributed by atoms with Crippen molar-refractivity contribution in [2.75, 3.05) is 58.3 Å². The van der Waals surface area contributed by atoms with Gasteiger partial charge in [-0.3, -0.25) is 29.1 Å². The molecule has 1 aromatic heterocycles. The van der Waals surface area contributed by atoms with E-state index in [9.17, 15) is 14.4 Å². The number of amides is 2. The molecule has 11 nitrogen and oxygen atoms in total. The van der Waals surface area contributed by atoms with Gasteiger partial charge in [-0.1, -0.05) is 24.3 Å². The Labute approximate surface area is 290 Å². The van der Waals surface area contributed by atoms with E-state index in [-0.39, 0.29) is 29.3 Å². The first-order valence-corrected chi connectivity index (χ1v) is 16.2. The SMILES string of the molecule is CN(C)CCCNC(=O)c1ccc(/C=C2\CCn3c2nc2cc(N4CCN(Cc5ccc(C(=O)NO)cc5)CC4)c(F)cc2c3=O)cc1.Cl. The van der Waals surface area contributed by atoms with Crippen molar-refractivity contribution in [2.24, 2.45) is 0 Å². The lowest BCUT2D eigenvalue weighted by atomic mass is 10.1. The summed E-state index contributed by atoms with van der Waals surface area (Å²) in [6, 6.07) is 17.4. The molecular weight excluding hydrogens is 649 g/mol. The summed E-state index contributed by atoms with van der Waals surface area (Å²) in [5.74, 6) is -0.519. The second-order valence-corrected chi connectivity index (χ2v) is 12.6. The topological polar surface area (TPSA) is 123 Å². The Hall–Kier alpha value is -4.62. The first-order valence-electron chi connectivity index (χ1n) is 16.2. The lowest BCUT2D eigenvalue weighted by molar-refractivity contribution is 0.0706. The minimum Gasteiger partial charge on any atom is -0.367 e. The Balaban J connectivity index is 0.00000468. The molecule has 49 heavy (non-hydrogen) atoms. The van der Waals surface area contributed by atoms with Crippen molar-refractivity contribution in [2.45, 2.75) is 25.9 Å². The number of halogens is 2. The predicted octanol–water partition coefficient (Wildman–Crippen LogP) is 4.02. The summed E-state index contributed by atoms with van der Waals surface area (Å²) in [6.45, 7) is 5.30. The van der Waals surface area contributed by atoms with Gasteiger partial charge in [-0.15, -0.1) is 12.4 Å². The fraction of sp³-hybridized carbons (Fsp3) is 0.333. The average Bonchev–Trinajstić information content (AvgIpc) is 3.49. The van der Waals surface area contributed by atoms with E-state index in [2.05, 4.69) is 15.1 Å². The molecule has 0 bridgehead atoms. The molecule has 0 saturated carbocycles. The molecule has 13 heteroatoms. The molecule has 0 atom stereocenters. The van der Waals surface area contributed by atoms with Gasteiger partial charge in [-0.05, 0) is 92.7 Å². The highest BCUT2D eigenvalue weighted by molar-refractivity contribution is 5.95. The number of hydroxylamine groups is 1. The minimum absolute atomic E-state index is 0. The number of hydrogen-bond acceptors (Lipinski definition) is 8. The number of benzene rings is 3. The monoisotopic (exact) mass is 689 g/mol. The third kappa shape index (κ3) is 8.16. The molecule has 3 heterocycles. The summed E-state index contributed by atoms with van der Waals surface area (Å²) in [5, 5.41) is 12.0. The molecule has 0 aliphatic carbocycles. The molecule has 3 N–H and O–H groups in total. The number of piperazine rings is 1. The largest absolute Gasteiger partial charge is 0.367 e. The Bertz CT molecular complexity index is 1900. The van der Waals surface area contributed by atoms with Crippen LogP contribution >= 0.6 is 12.4 Å². The van der Waals surface area contributed by atoms with E-state index < -0.39 is 11.7 Å². The number of fused-ring (bicyclic) bond motifs is 2. The van der Waals surface area contributed by atoms with Crippen LogP contribution in [0.3, 0.4) is 0 Å². The molecule has 0 unspecified atom stereocenters. The van der Waals surface area contributed by atoms with Gasteiger partial charge in [0.25, 0.3) is 17.4 Å². The van der Waals surface area contributed by atoms with Crippen molar-refractivity contribution in [3.05, 3.63) is 105 Å². The minimum atomic E-state index is -0.555. The molecule has 0 radical (unpaired) electrons. The molecule has 2 amide bonds. The normalized spacial score (nSPS) is 15.4. The number of allylic oxidation sites excluding steroid dienone is 1. The second kappa shape index (κ2) is 15.7. The van der Waals surface area contributed by atoms with E-state index in [0.29, 0.717) is 80.4 Å². The van der Waals surface area contributed by atoms with Gasteiger partial charge in [0.1, 0.15) is 11.6 Å². The molecular formula is C36H41ClFN7O4. The number of rotatable bonds is 10. The van der Waals surface area contributed by atoms with Crippen molar-refractivity contribution in [1.82, 2.24) is 30.1 Å². The number of hydrogen-bond donors (Lipinski definition) is 3. The number of anilines is 1. The highest BCUT2D eigenvalue weighted by Gasteiger charge is 2.25. The average molecular weight is 690 g/mol. The zero-order valence-corrected chi connectivity index (χ0v) is 28.4. The highest BCUT2D eigenvalue weighted by Crippen LogP contribution is 2.30. The number of carbonyl (C=O) groups excluding carboxylic acids is 2. The predicted molar refractivity (Wildman–Crippen MR) is 191 cm³/mol. The molecule has 6 rings (SSSR count). The van der Waals surface area contributed by atoms with Crippen LogP contribution in [0.25, 0.3) is 22.6 Å². The van der Waals surface area contributed by atoms with E-state index in [1.807, 2.05) is 49.3 Å². The highest BCUT2D eigenvalue weighted by atomic mass is 35.5. The van der Waals surface area contributed by atoms with Crippen molar-refractivity contribution in [3.63, 3.8) is 0 Å². The van der Waals surface area contributed by atoms with Crippen molar-refractivity contribution >= 4 is 52.5 Å². The van der Waals surface area contributed by atoms with Crippen molar-refractivity contribution in [3.8, 4) is 0 Å². The van der Waals surface area contributed by atoms with Crippen molar-refractivity contribution in [1.29, 1.82) is 0 Å². The Morgan fingerprint density at radius 3 is 2.31 bits per heavy atom. The lowest BCUT2D eigenvalue weighted by Crippen LogP contribution is -2.46. The van der Waals surface area contributed by atoms with E-state index in [1.54, 1.807) is 40.4 Å². The Kier molecular flexibility index (Phi) is 11.5. The number of nitrogens with one attached hydrogen (secondary N) is 2. The van der Waals surface area contributed by atoms with E-state index >= 15 is 4.39 Å². The summed E-state index contributed by atoms with van der Waals surface area (Å²) >= 11 is 0. The van der Waals surface area contributed by atoms with Crippen LogP contribution in [0.5, 0.6) is 0 Å². The number of nitrogens with zero attached hydrogens (tertiary/aromatic N) is 5. The molecule has 258 valence electrons. The molecule has 1 saturated heterocycles. The third-order valence-electron chi connectivity index (χ3n) is 8.93. The second-order valence-electron chi connectivity index (χ2n) is 12.6. The van der Waals surface area contributed by atoms with E-state index in [4.69, 9.17) is 10.2 Å². The lowest BCUT2D eigenvalue weighted by Gasteiger charge is -2.36. The first kappa shape index (κ1) is 35.7. The zero-order chi connectivity index (χ0) is 33.8. The van der Waals surface area contributed by atoms with Gasteiger partial charge < -0.3 is 15.1 Å². The molecule has 0 spiro atoms. The standard InChI is InChI=1S/C36H40FN7O4.ClH/c1-41(2)14-3-13-38-34(45)26-8-4-24(5-9-26)20-28-12-15-44-33(28)39-31-22-32(30(37)21-29(31)36(44)47)43-18-16-42(17-19-43)23-25-6-10-27(11-7-25)35(46)40-48;/h4-11,20-22,48H,3,12-19,23H2,1-2H3,(H,38,45)(H,40,46);1H/b28-20+;. The zero-order valence-electron chi connectivity index (χ0n) is 27.6. The molecule has 1 fully saturated rings. The maximum atomic E-state index is 15.5. The molecule has 4 aromatic rings. The summed E-state index contributed by atoms with van der Waals surface area (Å²) in [7, 11) is 4.01. The van der Waals surface area contributed by atoms with Crippen LogP contribution < -0.4 is 21.3 Å².